The molecule has 1 saturated carbocycles. The molecule has 0 atom stereocenters. The predicted molar refractivity (Wildman–Crippen MR) is 74.1 cm³/mol. The number of halogens is 1. The SMILES string of the molecule is CC1CCC(NS(=O)(=O)c2cc(CO)oc2Br)CC1. The molecule has 2 N–H and O–H groups in total. The van der Waals surface area contributed by atoms with E-state index in [1.165, 1.54) is 6.07 Å². The molecule has 0 bridgehead atoms. The fourth-order valence-corrected chi connectivity index (χ4v) is 4.62. The fraction of sp³-hybridized carbons (Fsp3) is 0.667. The summed E-state index contributed by atoms with van der Waals surface area (Å²) >= 11 is 3.07. The Kier molecular flexibility index (Phi) is 4.70. The zero-order chi connectivity index (χ0) is 14.0. The molecule has 108 valence electrons. The number of aliphatic hydroxyl groups excluding tert-OH is 1. The molecule has 5 nitrogen and oxygen atoms in total. The first-order chi connectivity index (χ1) is 8.92. The minimum absolute atomic E-state index is 0.0134. The lowest BCUT2D eigenvalue weighted by Crippen LogP contribution is -2.37. The minimum atomic E-state index is -3.60. The van der Waals surface area contributed by atoms with Crippen molar-refractivity contribution in [3.8, 4) is 0 Å². The average molecular weight is 352 g/mol. The maximum atomic E-state index is 12.2. The number of rotatable bonds is 4. The third-order valence-electron chi connectivity index (χ3n) is 3.49. The van der Waals surface area contributed by atoms with Crippen molar-refractivity contribution >= 4 is 26.0 Å². The van der Waals surface area contributed by atoms with Crippen LogP contribution < -0.4 is 4.72 Å². The van der Waals surface area contributed by atoms with Gasteiger partial charge < -0.3 is 9.52 Å². The van der Waals surface area contributed by atoms with Gasteiger partial charge in [-0.25, -0.2) is 13.1 Å². The predicted octanol–water partition coefficient (Wildman–Crippen LogP) is 2.39. The van der Waals surface area contributed by atoms with Crippen LogP contribution in [0.2, 0.25) is 0 Å². The highest BCUT2D eigenvalue weighted by Crippen LogP contribution is 2.28. The quantitative estimate of drug-likeness (QED) is 0.872. The topological polar surface area (TPSA) is 79.5 Å². The Bertz CT molecular complexity index is 532. The molecular formula is C12H18BrNO4S. The van der Waals surface area contributed by atoms with Gasteiger partial charge in [0.15, 0.2) is 4.67 Å². The maximum Gasteiger partial charge on any atom is 0.245 e. The summed E-state index contributed by atoms with van der Waals surface area (Å²) in [5, 5.41) is 8.96. The molecule has 1 aromatic heterocycles. The highest BCUT2D eigenvalue weighted by molar-refractivity contribution is 9.10. The Morgan fingerprint density at radius 2 is 2.05 bits per heavy atom. The Morgan fingerprint density at radius 1 is 1.42 bits per heavy atom. The van der Waals surface area contributed by atoms with Crippen LogP contribution in [0.25, 0.3) is 0 Å². The highest BCUT2D eigenvalue weighted by Gasteiger charge is 2.27. The summed E-state index contributed by atoms with van der Waals surface area (Å²) in [5.74, 6) is 0.895. The second kappa shape index (κ2) is 5.95. The molecule has 19 heavy (non-hydrogen) atoms. The zero-order valence-electron chi connectivity index (χ0n) is 10.7. The number of aliphatic hydroxyl groups is 1. The Morgan fingerprint density at radius 3 is 2.58 bits per heavy atom. The van der Waals surface area contributed by atoms with Crippen molar-refractivity contribution in [3.05, 3.63) is 16.5 Å². The summed E-state index contributed by atoms with van der Waals surface area (Å²) in [7, 11) is -3.60. The van der Waals surface area contributed by atoms with Crippen LogP contribution >= 0.6 is 15.9 Å². The van der Waals surface area contributed by atoms with E-state index in [2.05, 4.69) is 27.6 Å². The van der Waals surface area contributed by atoms with Crippen molar-refractivity contribution in [2.24, 2.45) is 5.92 Å². The second-order valence-electron chi connectivity index (χ2n) is 5.09. The monoisotopic (exact) mass is 351 g/mol. The Labute approximate surface area is 121 Å². The van der Waals surface area contributed by atoms with Gasteiger partial charge in [-0.15, -0.1) is 0 Å². The van der Waals surface area contributed by atoms with Gasteiger partial charge >= 0.3 is 0 Å². The number of furan rings is 1. The van der Waals surface area contributed by atoms with Gasteiger partial charge in [0, 0.05) is 12.1 Å². The van der Waals surface area contributed by atoms with E-state index in [1.54, 1.807) is 0 Å². The van der Waals surface area contributed by atoms with Gasteiger partial charge in [0.05, 0.1) is 0 Å². The van der Waals surface area contributed by atoms with E-state index in [9.17, 15) is 8.42 Å². The summed E-state index contributed by atoms with van der Waals surface area (Å²) in [4.78, 5) is 0.0511. The fourth-order valence-electron chi connectivity index (χ4n) is 2.32. The third kappa shape index (κ3) is 3.59. The van der Waals surface area contributed by atoms with Gasteiger partial charge in [-0.1, -0.05) is 6.92 Å². The third-order valence-corrected chi connectivity index (χ3v) is 5.87. The smallest absolute Gasteiger partial charge is 0.245 e. The lowest BCUT2D eigenvalue weighted by molar-refractivity contribution is 0.245. The standard InChI is InChI=1S/C12H18BrNO4S/c1-8-2-4-9(5-3-8)14-19(16,17)11-6-10(7-15)18-12(11)13/h6,8-9,14-15H,2-5,7H2,1H3. The van der Waals surface area contributed by atoms with Crippen LogP contribution in [0.1, 0.15) is 38.4 Å². The van der Waals surface area contributed by atoms with Crippen LogP contribution in [-0.4, -0.2) is 19.6 Å². The summed E-state index contributed by atoms with van der Waals surface area (Å²) in [6.07, 6.45) is 3.81. The van der Waals surface area contributed by atoms with Crippen molar-refractivity contribution in [1.82, 2.24) is 4.72 Å². The first-order valence-corrected chi connectivity index (χ1v) is 8.61. The van der Waals surface area contributed by atoms with Crippen molar-refractivity contribution in [1.29, 1.82) is 0 Å². The van der Waals surface area contributed by atoms with Gasteiger partial charge in [0.1, 0.15) is 17.3 Å². The highest BCUT2D eigenvalue weighted by atomic mass is 79.9. The Hall–Kier alpha value is -0.370. The minimum Gasteiger partial charge on any atom is -0.450 e. The van der Waals surface area contributed by atoms with Crippen LogP contribution in [0, 0.1) is 5.92 Å². The first kappa shape index (κ1) is 15.0. The van der Waals surface area contributed by atoms with Crippen molar-refractivity contribution < 1.29 is 17.9 Å². The molecule has 0 spiro atoms. The average Bonchev–Trinajstić information content (AvgIpc) is 2.74. The van der Waals surface area contributed by atoms with Crippen LogP contribution in [-0.2, 0) is 16.6 Å². The molecule has 1 aliphatic carbocycles. The summed E-state index contributed by atoms with van der Waals surface area (Å²) in [6.45, 7) is 1.86. The van der Waals surface area contributed by atoms with Gasteiger partial charge in [-0.05, 0) is 47.5 Å². The number of nitrogens with one attached hydrogen (secondary N) is 1. The van der Waals surface area contributed by atoms with E-state index in [0.717, 1.165) is 25.7 Å². The van der Waals surface area contributed by atoms with E-state index >= 15 is 0 Å². The van der Waals surface area contributed by atoms with E-state index < -0.39 is 10.0 Å². The maximum absolute atomic E-state index is 12.2. The van der Waals surface area contributed by atoms with Gasteiger partial charge in [0.25, 0.3) is 0 Å². The molecule has 0 amide bonds. The molecule has 1 aromatic rings. The lowest BCUT2D eigenvalue weighted by atomic mass is 9.88. The van der Waals surface area contributed by atoms with Crippen LogP contribution in [0.15, 0.2) is 20.0 Å². The summed E-state index contributed by atoms with van der Waals surface area (Å²) in [6, 6.07) is 1.33. The zero-order valence-corrected chi connectivity index (χ0v) is 13.1. The van der Waals surface area contributed by atoms with Crippen LogP contribution in [0.3, 0.4) is 0 Å². The largest absolute Gasteiger partial charge is 0.450 e. The van der Waals surface area contributed by atoms with Crippen LogP contribution in [0.4, 0.5) is 0 Å². The molecule has 2 rings (SSSR count). The van der Waals surface area contributed by atoms with Crippen molar-refractivity contribution in [3.63, 3.8) is 0 Å². The molecule has 0 radical (unpaired) electrons. The molecule has 0 aromatic carbocycles. The molecule has 1 aliphatic rings. The lowest BCUT2D eigenvalue weighted by Gasteiger charge is -2.26. The summed E-state index contributed by atoms with van der Waals surface area (Å²) < 4.78 is 32.4. The molecule has 1 heterocycles. The van der Waals surface area contributed by atoms with E-state index in [1.807, 2.05) is 0 Å². The van der Waals surface area contributed by atoms with Crippen molar-refractivity contribution in [2.45, 2.75) is 50.2 Å². The first-order valence-electron chi connectivity index (χ1n) is 6.33. The van der Waals surface area contributed by atoms with Crippen LogP contribution in [0.5, 0.6) is 0 Å². The number of hydrogen-bond acceptors (Lipinski definition) is 4. The van der Waals surface area contributed by atoms with Gasteiger partial charge in [-0.3, -0.25) is 0 Å². The van der Waals surface area contributed by atoms with Gasteiger partial charge in [-0.2, -0.15) is 0 Å². The summed E-state index contributed by atoms with van der Waals surface area (Å²) in [5.41, 5.74) is 0. The Balaban J connectivity index is 2.11. The molecule has 0 unspecified atom stereocenters. The molecule has 1 fully saturated rings. The van der Waals surface area contributed by atoms with E-state index in [0.29, 0.717) is 5.92 Å². The number of sulfonamides is 1. The van der Waals surface area contributed by atoms with Crippen molar-refractivity contribution in [2.75, 3.05) is 0 Å². The molecular weight excluding hydrogens is 334 g/mol. The second-order valence-corrected chi connectivity index (χ2v) is 7.49. The molecule has 7 heteroatoms. The van der Waals surface area contributed by atoms with E-state index in [-0.39, 0.29) is 28.0 Å². The normalized spacial score (nSPS) is 24.6. The molecule has 0 aliphatic heterocycles. The number of hydrogen-bond donors (Lipinski definition) is 2. The van der Waals surface area contributed by atoms with Gasteiger partial charge in [0.2, 0.25) is 10.0 Å². The van der Waals surface area contributed by atoms with E-state index in [4.69, 9.17) is 9.52 Å². The molecule has 0 saturated heterocycles.